The number of nitrogens with zero attached hydrogens (tertiary/aromatic N) is 2. The smallest absolute Gasteiger partial charge is 0.334 e. The normalized spacial score (nSPS) is 10.2. The average Bonchev–Trinajstić information content (AvgIpc) is 2.42. The molecule has 20 heavy (non-hydrogen) atoms. The Morgan fingerprint density at radius 3 is 2.50 bits per heavy atom. The number of anilines is 2. The Balaban J connectivity index is 2.33. The molecular formula is C13H14N4O3. The van der Waals surface area contributed by atoms with Gasteiger partial charge in [-0.05, 0) is 17.7 Å². The van der Waals surface area contributed by atoms with Crippen molar-refractivity contribution in [2.75, 3.05) is 18.6 Å². The first kappa shape index (κ1) is 13.6. The lowest BCUT2D eigenvalue weighted by Crippen LogP contribution is -2.06. The molecule has 1 aromatic carbocycles. The fourth-order valence-electron chi connectivity index (χ4n) is 1.86. The van der Waals surface area contributed by atoms with Crippen LogP contribution in [0, 0.1) is 10.1 Å². The predicted octanol–water partition coefficient (Wildman–Crippen LogP) is 1.75. The molecule has 0 unspecified atom stereocenters. The lowest BCUT2D eigenvalue weighted by molar-refractivity contribution is -0.383. The van der Waals surface area contributed by atoms with Crippen molar-refractivity contribution in [2.45, 2.75) is 6.42 Å². The summed E-state index contributed by atoms with van der Waals surface area (Å²) in [5, 5.41) is 10.9. The Bertz CT molecular complexity index is 641. The van der Waals surface area contributed by atoms with Gasteiger partial charge in [-0.15, -0.1) is 0 Å². The van der Waals surface area contributed by atoms with E-state index in [9.17, 15) is 10.1 Å². The summed E-state index contributed by atoms with van der Waals surface area (Å²) in [6.07, 6.45) is 1.89. The Morgan fingerprint density at radius 2 is 1.95 bits per heavy atom. The summed E-state index contributed by atoms with van der Waals surface area (Å²) in [7, 11) is 1.58. The van der Waals surface area contributed by atoms with Gasteiger partial charge >= 0.3 is 5.69 Å². The molecule has 4 N–H and O–H groups in total. The number of nitrogens with two attached hydrogens (primary N) is 2. The fraction of sp³-hybridized carbons (Fsp3) is 0.154. The second-order valence-corrected chi connectivity index (χ2v) is 4.21. The van der Waals surface area contributed by atoms with E-state index in [4.69, 9.17) is 16.2 Å². The quantitative estimate of drug-likeness (QED) is 0.647. The van der Waals surface area contributed by atoms with E-state index < -0.39 is 4.92 Å². The molecule has 0 radical (unpaired) electrons. The Morgan fingerprint density at radius 1 is 1.30 bits per heavy atom. The number of nitro groups is 1. The number of pyridine rings is 1. The Kier molecular flexibility index (Phi) is 3.69. The molecule has 0 fully saturated rings. The van der Waals surface area contributed by atoms with Gasteiger partial charge in [0.15, 0.2) is 0 Å². The summed E-state index contributed by atoms with van der Waals surface area (Å²) < 4.78 is 5.07. The standard InChI is InChI=1S/C13H14N4O3/c1-20-10-4-2-8(3-5-10)6-9-7-16-13(15)12(11(9)14)17(18)19/h2-5,7H,6H2,1H3,(H4,14,15,16). The van der Waals surface area contributed by atoms with E-state index in [2.05, 4.69) is 4.98 Å². The molecule has 0 aliphatic rings. The maximum atomic E-state index is 10.9. The predicted molar refractivity (Wildman–Crippen MR) is 75.5 cm³/mol. The van der Waals surface area contributed by atoms with E-state index in [1.807, 2.05) is 24.3 Å². The van der Waals surface area contributed by atoms with Crippen molar-refractivity contribution in [2.24, 2.45) is 0 Å². The summed E-state index contributed by atoms with van der Waals surface area (Å²) in [6.45, 7) is 0. The number of nitrogen functional groups attached to an aromatic ring is 2. The van der Waals surface area contributed by atoms with Gasteiger partial charge in [0.05, 0.1) is 12.0 Å². The number of rotatable bonds is 4. The van der Waals surface area contributed by atoms with E-state index in [0.717, 1.165) is 11.3 Å². The number of ether oxygens (including phenoxy) is 1. The maximum Gasteiger partial charge on any atom is 0.334 e. The lowest BCUT2D eigenvalue weighted by Gasteiger charge is -2.08. The highest BCUT2D eigenvalue weighted by atomic mass is 16.6. The van der Waals surface area contributed by atoms with E-state index in [-0.39, 0.29) is 17.2 Å². The van der Waals surface area contributed by atoms with Crippen LogP contribution in [0.2, 0.25) is 0 Å². The van der Waals surface area contributed by atoms with Crippen LogP contribution < -0.4 is 16.2 Å². The molecule has 0 amide bonds. The van der Waals surface area contributed by atoms with Gasteiger partial charge in [0.2, 0.25) is 5.82 Å². The van der Waals surface area contributed by atoms with E-state index >= 15 is 0 Å². The van der Waals surface area contributed by atoms with Crippen molar-refractivity contribution in [3.05, 3.63) is 51.7 Å². The molecule has 0 aliphatic carbocycles. The molecule has 1 aromatic heterocycles. The van der Waals surface area contributed by atoms with Gasteiger partial charge in [0.1, 0.15) is 11.4 Å². The second kappa shape index (κ2) is 5.43. The van der Waals surface area contributed by atoms with Crippen LogP contribution in [0.15, 0.2) is 30.5 Å². The zero-order chi connectivity index (χ0) is 14.7. The zero-order valence-electron chi connectivity index (χ0n) is 10.9. The van der Waals surface area contributed by atoms with Gasteiger partial charge in [-0.3, -0.25) is 10.1 Å². The second-order valence-electron chi connectivity index (χ2n) is 4.21. The highest BCUT2D eigenvalue weighted by molar-refractivity contribution is 5.72. The third-order valence-corrected chi connectivity index (χ3v) is 2.94. The van der Waals surface area contributed by atoms with Crippen molar-refractivity contribution in [3.63, 3.8) is 0 Å². The van der Waals surface area contributed by atoms with Crippen LogP contribution in [-0.4, -0.2) is 17.0 Å². The molecule has 7 nitrogen and oxygen atoms in total. The molecule has 104 valence electrons. The van der Waals surface area contributed by atoms with Crippen molar-refractivity contribution in [1.29, 1.82) is 0 Å². The first-order chi connectivity index (χ1) is 9.52. The van der Waals surface area contributed by atoms with Gasteiger partial charge in [0.25, 0.3) is 0 Å². The molecule has 0 atom stereocenters. The number of hydrogen-bond acceptors (Lipinski definition) is 6. The highest BCUT2D eigenvalue weighted by Gasteiger charge is 2.20. The van der Waals surface area contributed by atoms with Gasteiger partial charge in [0, 0.05) is 18.2 Å². The van der Waals surface area contributed by atoms with Crippen LogP contribution in [0.25, 0.3) is 0 Å². The molecule has 0 saturated heterocycles. The van der Waals surface area contributed by atoms with E-state index in [1.165, 1.54) is 6.20 Å². The largest absolute Gasteiger partial charge is 0.497 e. The van der Waals surface area contributed by atoms with Crippen LogP contribution in [0.5, 0.6) is 5.75 Å². The molecular weight excluding hydrogens is 260 g/mol. The molecule has 0 spiro atoms. The van der Waals surface area contributed by atoms with Crippen molar-refractivity contribution < 1.29 is 9.66 Å². The van der Waals surface area contributed by atoms with E-state index in [1.54, 1.807) is 7.11 Å². The molecule has 0 bridgehead atoms. The fourth-order valence-corrected chi connectivity index (χ4v) is 1.86. The van der Waals surface area contributed by atoms with Gasteiger partial charge in [-0.25, -0.2) is 4.98 Å². The topological polar surface area (TPSA) is 117 Å². The summed E-state index contributed by atoms with van der Waals surface area (Å²) >= 11 is 0. The molecule has 1 heterocycles. The molecule has 2 aromatic rings. The van der Waals surface area contributed by atoms with Gasteiger partial charge < -0.3 is 16.2 Å². The minimum absolute atomic E-state index is 0.0540. The molecule has 7 heteroatoms. The van der Waals surface area contributed by atoms with Crippen molar-refractivity contribution in [3.8, 4) is 5.75 Å². The van der Waals surface area contributed by atoms with Crippen LogP contribution in [0.3, 0.4) is 0 Å². The van der Waals surface area contributed by atoms with Gasteiger partial charge in [-0.2, -0.15) is 0 Å². The summed E-state index contributed by atoms with van der Waals surface area (Å²) in [5.41, 5.74) is 12.5. The van der Waals surface area contributed by atoms with Crippen molar-refractivity contribution in [1.82, 2.24) is 4.98 Å². The first-order valence-electron chi connectivity index (χ1n) is 5.83. The molecule has 0 saturated carbocycles. The Hall–Kier alpha value is -2.83. The average molecular weight is 274 g/mol. The Labute approximate surface area is 115 Å². The number of hydrogen-bond donors (Lipinski definition) is 2. The van der Waals surface area contributed by atoms with Crippen LogP contribution in [-0.2, 0) is 6.42 Å². The van der Waals surface area contributed by atoms with Crippen LogP contribution in [0.1, 0.15) is 11.1 Å². The minimum Gasteiger partial charge on any atom is -0.497 e. The molecule has 0 aliphatic heterocycles. The monoisotopic (exact) mass is 274 g/mol. The first-order valence-corrected chi connectivity index (χ1v) is 5.83. The number of aromatic nitrogens is 1. The third-order valence-electron chi connectivity index (χ3n) is 2.94. The highest BCUT2D eigenvalue weighted by Crippen LogP contribution is 2.30. The van der Waals surface area contributed by atoms with Crippen LogP contribution >= 0.6 is 0 Å². The van der Waals surface area contributed by atoms with E-state index in [0.29, 0.717) is 12.0 Å². The zero-order valence-corrected chi connectivity index (χ0v) is 10.9. The minimum atomic E-state index is -0.616. The van der Waals surface area contributed by atoms with Crippen molar-refractivity contribution >= 4 is 17.2 Å². The van der Waals surface area contributed by atoms with Gasteiger partial charge in [-0.1, -0.05) is 12.1 Å². The lowest BCUT2D eigenvalue weighted by atomic mass is 10.0. The maximum absolute atomic E-state index is 10.9. The summed E-state index contributed by atoms with van der Waals surface area (Å²) in [4.78, 5) is 14.1. The molecule has 2 rings (SSSR count). The van der Waals surface area contributed by atoms with Crippen LogP contribution in [0.4, 0.5) is 17.2 Å². The SMILES string of the molecule is COc1ccc(Cc2cnc(N)c([N+](=O)[O-])c2N)cc1. The summed E-state index contributed by atoms with van der Waals surface area (Å²) in [5.74, 6) is 0.564. The number of methoxy groups -OCH3 is 1. The number of benzene rings is 1. The third kappa shape index (κ3) is 2.61. The summed E-state index contributed by atoms with van der Waals surface area (Å²) in [6, 6.07) is 7.34.